The largest absolute Gasteiger partial charge is 0.496 e. The molecule has 8 heteroatoms. The lowest BCUT2D eigenvalue weighted by Gasteiger charge is -2.13. The summed E-state index contributed by atoms with van der Waals surface area (Å²) in [4.78, 5) is 12.5. The number of thioether (sulfide) groups is 1. The van der Waals surface area contributed by atoms with E-state index in [-0.39, 0.29) is 11.7 Å². The molecule has 0 spiro atoms. The third-order valence-electron chi connectivity index (χ3n) is 4.73. The maximum Gasteiger partial charge on any atom is 0.234 e. The van der Waals surface area contributed by atoms with Gasteiger partial charge in [-0.25, -0.2) is 0 Å². The first-order valence-corrected chi connectivity index (χ1v) is 11.3. The van der Waals surface area contributed by atoms with E-state index in [0.717, 1.165) is 16.8 Å². The standard InChI is InChI=1S/C24H21ClN4O2S/c1-16-7-13-19(14-8-16)29-23(20-5-3-4-6-21(20)31-2)27-28-24(29)32-15-22(30)26-18-11-9-17(25)10-12-18/h3-14H,15H2,1-2H3,(H,26,30). The molecule has 0 saturated heterocycles. The normalized spacial score (nSPS) is 10.7. The van der Waals surface area contributed by atoms with Gasteiger partial charge >= 0.3 is 0 Å². The van der Waals surface area contributed by atoms with Crippen molar-refractivity contribution in [1.29, 1.82) is 0 Å². The summed E-state index contributed by atoms with van der Waals surface area (Å²) in [6, 6.07) is 22.7. The van der Waals surface area contributed by atoms with Crippen molar-refractivity contribution in [3.05, 3.63) is 83.4 Å². The molecular formula is C24H21ClN4O2S. The van der Waals surface area contributed by atoms with E-state index in [1.807, 2.05) is 60.0 Å². The molecule has 162 valence electrons. The van der Waals surface area contributed by atoms with Crippen LogP contribution >= 0.6 is 23.4 Å². The average Bonchev–Trinajstić information content (AvgIpc) is 3.23. The number of ether oxygens (including phenoxy) is 1. The number of para-hydroxylation sites is 1. The molecule has 1 aromatic heterocycles. The van der Waals surface area contributed by atoms with Crippen LogP contribution in [0.5, 0.6) is 5.75 Å². The Morgan fingerprint density at radius 1 is 1.03 bits per heavy atom. The number of anilines is 1. The van der Waals surface area contributed by atoms with Crippen LogP contribution in [0.15, 0.2) is 78.0 Å². The average molecular weight is 465 g/mol. The molecule has 32 heavy (non-hydrogen) atoms. The maximum absolute atomic E-state index is 12.5. The van der Waals surface area contributed by atoms with E-state index in [2.05, 4.69) is 15.5 Å². The molecule has 0 aliphatic carbocycles. The van der Waals surface area contributed by atoms with Crippen LogP contribution in [0.4, 0.5) is 5.69 Å². The molecule has 0 radical (unpaired) electrons. The number of hydrogen-bond donors (Lipinski definition) is 1. The summed E-state index contributed by atoms with van der Waals surface area (Å²) in [6.45, 7) is 2.04. The molecule has 0 fully saturated rings. The van der Waals surface area contributed by atoms with E-state index in [9.17, 15) is 4.79 Å². The lowest BCUT2D eigenvalue weighted by atomic mass is 10.1. The smallest absolute Gasteiger partial charge is 0.234 e. The van der Waals surface area contributed by atoms with E-state index < -0.39 is 0 Å². The summed E-state index contributed by atoms with van der Waals surface area (Å²) in [6.07, 6.45) is 0. The zero-order chi connectivity index (χ0) is 22.5. The van der Waals surface area contributed by atoms with Crippen molar-refractivity contribution >= 4 is 35.0 Å². The molecule has 0 bridgehead atoms. The van der Waals surface area contributed by atoms with E-state index in [4.69, 9.17) is 16.3 Å². The number of methoxy groups -OCH3 is 1. The third kappa shape index (κ3) is 4.95. The highest BCUT2D eigenvalue weighted by Crippen LogP contribution is 2.33. The number of benzene rings is 3. The molecule has 0 unspecified atom stereocenters. The van der Waals surface area contributed by atoms with Gasteiger partial charge in [-0.2, -0.15) is 0 Å². The Hall–Kier alpha value is -3.29. The molecule has 0 aliphatic heterocycles. The van der Waals surface area contributed by atoms with E-state index >= 15 is 0 Å². The number of carbonyl (C=O) groups excluding carboxylic acids is 1. The number of aryl methyl sites for hydroxylation is 1. The summed E-state index contributed by atoms with van der Waals surface area (Å²) < 4.78 is 7.47. The Labute approximate surface area is 195 Å². The number of hydrogen-bond acceptors (Lipinski definition) is 5. The zero-order valence-electron chi connectivity index (χ0n) is 17.6. The second-order valence-electron chi connectivity index (χ2n) is 7.02. The van der Waals surface area contributed by atoms with Gasteiger partial charge in [0.15, 0.2) is 11.0 Å². The Morgan fingerprint density at radius 2 is 1.75 bits per heavy atom. The van der Waals surface area contributed by atoms with Crippen molar-refractivity contribution in [2.75, 3.05) is 18.2 Å². The maximum atomic E-state index is 12.5. The Morgan fingerprint density at radius 3 is 2.47 bits per heavy atom. The lowest BCUT2D eigenvalue weighted by Crippen LogP contribution is -2.14. The third-order valence-corrected chi connectivity index (χ3v) is 5.91. The van der Waals surface area contributed by atoms with Gasteiger partial charge in [0.2, 0.25) is 5.91 Å². The number of rotatable bonds is 7. The lowest BCUT2D eigenvalue weighted by molar-refractivity contribution is -0.113. The van der Waals surface area contributed by atoms with Crippen LogP contribution < -0.4 is 10.1 Å². The van der Waals surface area contributed by atoms with Crippen molar-refractivity contribution < 1.29 is 9.53 Å². The van der Waals surface area contributed by atoms with Gasteiger partial charge in [0.25, 0.3) is 0 Å². The molecule has 4 rings (SSSR count). The zero-order valence-corrected chi connectivity index (χ0v) is 19.2. The highest BCUT2D eigenvalue weighted by Gasteiger charge is 2.19. The number of carbonyl (C=O) groups is 1. The van der Waals surface area contributed by atoms with Gasteiger partial charge < -0.3 is 10.1 Å². The summed E-state index contributed by atoms with van der Waals surface area (Å²) in [7, 11) is 1.63. The fourth-order valence-electron chi connectivity index (χ4n) is 3.15. The number of amides is 1. The van der Waals surface area contributed by atoms with Crippen LogP contribution in [0.2, 0.25) is 5.02 Å². The minimum Gasteiger partial charge on any atom is -0.496 e. The van der Waals surface area contributed by atoms with Gasteiger partial charge in [-0.3, -0.25) is 9.36 Å². The van der Waals surface area contributed by atoms with Gasteiger partial charge in [-0.05, 0) is 55.5 Å². The van der Waals surface area contributed by atoms with Crippen molar-refractivity contribution in [2.45, 2.75) is 12.1 Å². The molecule has 0 saturated carbocycles. The fourth-order valence-corrected chi connectivity index (χ4v) is 4.03. The molecule has 6 nitrogen and oxygen atoms in total. The molecule has 1 heterocycles. The first kappa shape index (κ1) is 21.9. The van der Waals surface area contributed by atoms with E-state index in [0.29, 0.717) is 27.4 Å². The van der Waals surface area contributed by atoms with Gasteiger partial charge in [-0.15, -0.1) is 10.2 Å². The first-order valence-electron chi connectivity index (χ1n) is 9.89. The SMILES string of the molecule is COc1ccccc1-c1nnc(SCC(=O)Nc2ccc(Cl)cc2)n1-c1ccc(C)cc1. The van der Waals surface area contributed by atoms with E-state index in [1.54, 1.807) is 31.4 Å². The molecular weight excluding hydrogens is 444 g/mol. The number of aromatic nitrogens is 3. The molecule has 3 aromatic carbocycles. The summed E-state index contributed by atoms with van der Waals surface area (Å²) in [5.41, 5.74) is 3.56. The van der Waals surface area contributed by atoms with Gasteiger partial charge in [-0.1, -0.05) is 53.2 Å². The highest BCUT2D eigenvalue weighted by molar-refractivity contribution is 7.99. The molecule has 0 atom stereocenters. The van der Waals surface area contributed by atoms with Crippen LogP contribution in [0.25, 0.3) is 17.1 Å². The molecule has 0 aliphatic rings. The van der Waals surface area contributed by atoms with Crippen molar-refractivity contribution in [2.24, 2.45) is 0 Å². The van der Waals surface area contributed by atoms with Crippen LogP contribution in [0.1, 0.15) is 5.56 Å². The minimum atomic E-state index is -0.144. The Bertz CT molecular complexity index is 1220. The first-order chi connectivity index (χ1) is 15.5. The van der Waals surface area contributed by atoms with Crippen molar-refractivity contribution in [3.8, 4) is 22.8 Å². The summed E-state index contributed by atoms with van der Waals surface area (Å²) >= 11 is 7.22. The topological polar surface area (TPSA) is 69.0 Å². The van der Waals surface area contributed by atoms with Crippen molar-refractivity contribution in [3.63, 3.8) is 0 Å². The Balaban J connectivity index is 1.63. The predicted molar refractivity (Wildman–Crippen MR) is 129 cm³/mol. The second-order valence-corrected chi connectivity index (χ2v) is 8.40. The summed E-state index contributed by atoms with van der Waals surface area (Å²) in [5.74, 6) is 1.38. The molecule has 4 aromatic rings. The van der Waals surface area contributed by atoms with Crippen LogP contribution in [0, 0.1) is 6.92 Å². The fraction of sp³-hybridized carbons (Fsp3) is 0.125. The number of halogens is 1. The molecule has 1 amide bonds. The predicted octanol–water partition coefficient (Wildman–Crippen LogP) is 5.64. The van der Waals surface area contributed by atoms with Crippen molar-refractivity contribution in [1.82, 2.24) is 14.8 Å². The van der Waals surface area contributed by atoms with Gasteiger partial charge in [0.1, 0.15) is 5.75 Å². The van der Waals surface area contributed by atoms with Crippen LogP contribution in [-0.2, 0) is 4.79 Å². The molecule has 1 N–H and O–H groups in total. The summed E-state index contributed by atoms with van der Waals surface area (Å²) in [5, 5.41) is 12.9. The monoisotopic (exact) mass is 464 g/mol. The highest BCUT2D eigenvalue weighted by atomic mass is 35.5. The van der Waals surface area contributed by atoms with Crippen LogP contribution in [0.3, 0.4) is 0 Å². The Kier molecular flexibility index (Phi) is 6.78. The number of nitrogens with one attached hydrogen (secondary N) is 1. The van der Waals surface area contributed by atoms with Gasteiger partial charge in [0.05, 0.1) is 18.4 Å². The quantitative estimate of drug-likeness (QED) is 0.359. The second kappa shape index (κ2) is 9.89. The van der Waals surface area contributed by atoms with Gasteiger partial charge in [0, 0.05) is 16.4 Å². The number of nitrogens with zero attached hydrogens (tertiary/aromatic N) is 3. The minimum absolute atomic E-state index is 0.144. The van der Waals surface area contributed by atoms with Crippen LogP contribution in [-0.4, -0.2) is 33.5 Å². The van der Waals surface area contributed by atoms with E-state index in [1.165, 1.54) is 11.8 Å².